The molecule has 0 fully saturated rings. The van der Waals surface area contributed by atoms with Gasteiger partial charge in [-0.05, 0) is 12.5 Å². The highest BCUT2D eigenvalue weighted by atomic mass is 35.5. The summed E-state index contributed by atoms with van der Waals surface area (Å²) in [5.74, 6) is -5.50. The zero-order chi connectivity index (χ0) is 24.0. The first kappa shape index (κ1) is 23.9. The van der Waals surface area contributed by atoms with Crippen molar-refractivity contribution in [3.05, 3.63) is 23.0 Å². The fourth-order valence-electron chi connectivity index (χ4n) is 2.27. The Labute approximate surface area is 183 Å². The van der Waals surface area contributed by atoms with Gasteiger partial charge in [0, 0.05) is 6.42 Å². The average molecular weight is 467 g/mol. The summed E-state index contributed by atoms with van der Waals surface area (Å²) in [5.41, 5.74) is 4.54. The van der Waals surface area contributed by atoms with E-state index >= 15 is 0 Å². The number of carbonyl (C=O) groups excluding carboxylic acids is 3. The van der Waals surface area contributed by atoms with Gasteiger partial charge in [0.25, 0.3) is 11.8 Å². The number of aromatic nitrogens is 1. The number of hydrogen-bond donors (Lipinski definition) is 7. The van der Waals surface area contributed by atoms with Crippen LogP contribution in [0.4, 0.5) is 10.5 Å². The van der Waals surface area contributed by atoms with Gasteiger partial charge in [-0.3, -0.25) is 25.1 Å². The number of guanidine groups is 1. The molecule has 0 spiro atoms. The molecule has 168 valence electrons. The monoisotopic (exact) mass is 466 g/mol. The summed E-state index contributed by atoms with van der Waals surface area (Å²) < 4.78 is 0. The Morgan fingerprint density at radius 2 is 2.00 bits per heavy atom. The van der Waals surface area contributed by atoms with Gasteiger partial charge in [-0.2, -0.15) is 9.98 Å². The summed E-state index contributed by atoms with van der Waals surface area (Å²) in [7, 11) is 0. The second kappa shape index (κ2) is 10.1. The van der Waals surface area contributed by atoms with Crippen LogP contribution in [-0.4, -0.2) is 68.5 Å². The molecule has 0 radical (unpaired) electrons. The molecule has 2 rings (SSSR count). The van der Waals surface area contributed by atoms with Gasteiger partial charge >= 0.3 is 18.0 Å². The maximum atomic E-state index is 12.3. The zero-order valence-electron chi connectivity index (χ0n) is 15.9. The highest BCUT2D eigenvalue weighted by Gasteiger charge is 2.25. The Balaban J connectivity index is 2.11. The molecule has 0 bridgehead atoms. The molecule has 1 atom stereocenters. The molecule has 16 heteroatoms. The number of aliphatic imine (C=N–C) groups is 2. The molecule has 0 aliphatic carbocycles. The molecular weight excluding hydrogens is 452 g/mol. The van der Waals surface area contributed by atoms with Crippen molar-refractivity contribution in [1.29, 1.82) is 5.41 Å². The minimum Gasteiger partial charge on any atom is -0.481 e. The number of amidine groups is 1. The number of carboxylic acid groups (broad SMARTS) is 2. The van der Waals surface area contributed by atoms with Crippen LogP contribution in [-0.2, 0) is 14.4 Å². The lowest BCUT2D eigenvalue weighted by Gasteiger charge is -2.14. The van der Waals surface area contributed by atoms with E-state index in [4.69, 9.17) is 33.0 Å². The fraction of sp³-hybridized carbons (Fsp3) is 0.188. The lowest BCUT2D eigenvalue weighted by Crippen LogP contribution is -2.47. The molecule has 4 amide bonds. The number of aliphatic carboxylic acids is 2. The van der Waals surface area contributed by atoms with E-state index in [1.54, 1.807) is 0 Å². The van der Waals surface area contributed by atoms with Gasteiger partial charge in [0.15, 0.2) is 11.5 Å². The second-order valence-electron chi connectivity index (χ2n) is 6.04. The molecule has 0 aromatic carbocycles. The van der Waals surface area contributed by atoms with E-state index in [0.717, 1.165) is 12.3 Å². The maximum absolute atomic E-state index is 12.3. The number of pyridine rings is 1. The van der Waals surface area contributed by atoms with Crippen LogP contribution in [0.5, 0.6) is 0 Å². The van der Waals surface area contributed by atoms with Crippen LogP contribution in [0.1, 0.15) is 23.3 Å². The number of hydrogen-bond acceptors (Lipinski definition) is 8. The molecule has 1 aromatic heterocycles. The molecule has 2 heterocycles. The lowest BCUT2D eigenvalue weighted by molar-refractivity contribution is -0.140. The number of nitrogens with two attached hydrogens (primary N) is 1. The summed E-state index contributed by atoms with van der Waals surface area (Å²) >= 11 is 5.97. The Bertz CT molecular complexity index is 1080. The summed E-state index contributed by atoms with van der Waals surface area (Å²) in [4.78, 5) is 68.5. The standard InChI is InChI=1S/C16H15ClN8O7/c17-6-3-5(21-16(32)23-10-11(18)24-15(19)25-13(10)29)4-20-9(6)12(28)22-7(14(30)31)1-2-8(26)27/h3-4,7H,1-2H2,(H,21,32)(H,22,28)(H,26,27)(H,30,31)(H4,18,19,24,25,29)/b23-10-/t7-/m0/s1. The van der Waals surface area contributed by atoms with Crippen LogP contribution in [0.25, 0.3) is 0 Å². The number of halogens is 1. The molecule has 1 aliphatic heterocycles. The van der Waals surface area contributed by atoms with Gasteiger partial charge in [0.05, 0.1) is 16.9 Å². The van der Waals surface area contributed by atoms with Gasteiger partial charge in [-0.25, -0.2) is 14.6 Å². The normalized spacial score (nSPS) is 15.4. The van der Waals surface area contributed by atoms with Crippen molar-refractivity contribution in [2.45, 2.75) is 18.9 Å². The van der Waals surface area contributed by atoms with Crippen LogP contribution in [0.3, 0.4) is 0 Å². The van der Waals surface area contributed by atoms with Gasteiger partial charge < -0.3 is 26.6 Å². The Hall–Kier alpha value is -4.40. The van der Waals surface area contributed by atoms with Crippen LogP contribution >= 0.6 is 11.6 Å². The molecule has 1 aliphatic rings. The van der Waals surface area contributed by atoms with Crippen LogP contribution in [0.2, 0.25) is 5.02 Å². The molecule has 1 aromatic rings. The Morgan fingerprint density at radius 1 is 1.31 bits per heavy atom. The molecule has 0 saturated carbocycles. The molecule has 8 N–H and O–H groups in total. The van der Waals surface area contributed by atoms with Gasteiger partial charge in [0.2, 0.25) is 5.96 Å². The van der Waals surface area contributed by atoms with Crippen molar-refractivity contribution in [3.8, 4) is 0 Å². The van der Waals surface area contributed by atoms with Gasteiger partial charge in [0.1, 0.15) is 11.7 Å². The molecular formula is C16H15ClN8O7. The van der Waals surface area contributed by atoms with E-state index in [0.29, 0.717) is 0 Å². The molecule has 15 nitrogen and oxygen atoms in total. The summed E-state index contributed by atoms with van der Waals surface area (Å²) in [6.07, 6.45) is 0.169. The highest BCUT2D eigenvalue weighted by molar-refractivity contribution is 6.69. The number of amides is 4. The summed E-state index contributed by atoms with van der Waals surface area (Å²) in [6.45, 7) is 0. The summed E-state index contributed by atoms with van der Waals surface area (Å²) in [5, 5.41) is 31.1. The molecule has 32 heavy (non-hydrogen) atoms. The van der Waals surface area contributed by atoms with Crippen molar-refractivity contribution >= 4 is 64.6 Å². The first-order chi connectivity index (χ1) is 15.0. The third-order valence-corrected chi connectivity index (χ3v) is 3.98. The fourth-order valence-corrected chi connectivity index (χ4v) is 2.52. The number of carbonyl (C=O) groups is 5. The predicted molar refractivity (Wildman–Crippen MR) is 109 cm³/mol. The average Bonchev–Trinajstić information content (AvgIpc) is 2.67. The summed E-state index contributed by atoms with van der Waals surface area (Å²) in [6, 6.07) is -1.43. The first-order valence-corrected chi connectivity index (χ1v) is 8.90. The van der Waals surface area contributed by atoms with E-state index < -0.39 is 59.8 Å². The minimum atomic E-state index is -1.48. The number of urea groups is 1. The van der Waals surface area contributed by atoms with Gasteiger partial charge in [-0.15, -0.1) is 0 Å². The maximum Gasteiger partial charge on any atom is 0.346 e. The number of nitrogens with zero attached hydrogens (tertiary/aromatic N) is 3. The van der Waals surface area contributed by atoms with E-state index in [1.165, 1.54) is 0 Å². The smallest absolute Gasteiger partial charge is 0.346 e. The van der Waals surface area contributed by atoms with Gasteiger partial charge in [-0.1, -0.05) is 11.6 Å². The van der Waals surface area contributed by atoms with Crippen LogP contribution in [0, 0.1) is 5.41 Å². The Kier molecular flexibility index (Phi) is 7.52. The van der Waals surface area contributed by atoms with Crippen molar-refractivity contribution in [1.82, 2.24) is 15.6 Å². The third kappa shape index (κ3) is 6.30. The SMILES string of the molecule is N=C1N=C(N)/C(=N/C(=O)Nc2cnc(C(=O)N[C@@H](CCC(=O)O)C(=O)O)c(Cl)c2)C(=O)N1. The predicted octanol–water partition coefficient (Wildman–Crippen LogP) is -0.823. The van der Waals surface area contributed by atoms with Crippen molar-refractivity contribution in [3.63, 3.8) is 0 Å². The highest BCUT2D eigenvalue weighted by Crippen LogP contribution is 2.19. The van der Waals surface area contributed by atoms with Crippen molar-refractivity contribution in [2.75, 3.05) is 5.32 Å². The number of rotatable bonds is 7. The molecule has 0 saturated heterocycles. The van der Waals surface area contributed by atoms with Crippen molar-refractivity contribution < 1.29 is 34.2 Å². The van der Waals surface area contributed by atoms with E-state index in [-0.39, 0.29) is 22.8 Å². The van der Waals surface area contributed by atoms with Crippen LogP contribution in [0.15, 0.2) is 22.2 Å². The minimum absolute atomic E-state index is 0.0268. The van der Waals surface area contributed by atoms with Crippen molar-refractivity contribution in [2.24, 2.45) is 15.7 Å². The Morgan fingerprint density at radius 3 is 2.56 bits per heavy atom. The van der Waals surface area contributed by atoms with E-state index in [2.05, 4.69) is 25.6 Å². The number of carboxylic acids is 2. The number of nitrogens with one attached hydrogen (secondary N) is 4. The third-order valence-electron chi connectivity index (χ3n) is 3.69. The van der Waals surface area contributed by atoms with E-state index in [1.807, 2.05) is 5.32 Å². The molecule has 0 unspecified atom stereocenters. The largest absolute Gasteiger partial charge is 0.481 e. The number of anilines is 1. The topological polar surface area (TPSA) is 249 Å². The zero-order valence-corrected chi connectivity index (χ0v) is 16.6. The van der Waals surface area contributed by atoms with Crippen LogP contribution < -0.4 is 21.7 Å². The van der Waals surface area contributed by atoms with E-state index in [9.17, 15) is 24.0 Å². The lowest BCUT2D eigenvalue weighted by atomic mass is 10.1. The second-order valence-corrected chi connectivity index (χ2v) is 6.45. The first-order valence-electron chi connectivity index (χ1n) is 8.53. The quantitative estimate of drug-likeness (QED) is 0.264.